The van der Waals surface area contributed by atoms with Crippen LogP contribution in [0.3, 0.4) is 0 Å². The third kappa shape index (κ3) is 2.20. The highest BCUT2D eigenvalue weighted by Crippen LogP contribution is 1.99. The molecule has 0 aromatic carbocycles. The molecule has 0 saturated carbocycles. The molecule has 0 unspecified atom stereocenters. The lowest BCUT2D eigenvalue weighted by Crippen LogP contribution is -1.99. The molecule has 0 bridgehead atoms. The molecular formula is C9H10N2O. The molecule has 0 atom stereocenters. The molecule has 0 aliphatic carbocycles. The van der Waals surface area contributed by atoms with Crippen molar-refractivity contribution in [3.05, 3.63) is 41.9 Å². The normalized spacial score (nSPS) is 11.2. The number of allylic oxidation sites excluding steroid dienone is 2. The molecule has 3 nitrogen and oxygen atoms in total. The van der Waals surface area contributed by atoms with Gasteiger partial charge in [0.05, 0.1) is 0 Å². The Morgan fingerprint density at radius 3 is 2.92 bits per heavy atom. The maximum Gasteiger partial charge on any atom is 0.189 e. The van der Waals surface area contributed by atoms with Crippen molar-refractivity contribution in [3.63, 3.8) is 0 Å². The topological polar surface area (TPSA) is 56.0 Å². The molecule has 0 fully saturated rings. The summed E-state index contributed by atoms with van der Waals surface area (Å²) in [7, 11) is 0. The number of hydrogen-bond acceptors (Lipinski definition) is 3. The van der Waals surface area contributed by atoms with Crippen molar-refractivity contribution in [2.75, 3.05) is 0 Å². The lowest BCUT2D eigenvalue weighted by Gasteiger charge is -1.93. The van der Waals surface area contributed by atoms with Crippen molar-refractivity contribution >= 4 is 5.78 Å². The molecule has 1 aromatic heterocycles. The van der Waals surface area contributed by atoms with Gasteiger partial charge in [-0.1, -0.05) is 0 Å². The predicted octanol–water partition coefficient (Wildman–Crippen LogP) is 1.13. The standard InChI is InChI=1S/C9H10N2O/c1-7(10)5-9(12)8-3-2-4-11-6-8/h2-6H,10H2,1H3. The first-order valence-electron chi connectivity index (χ1n) is 3.58. The number of carbonyl (C=O) groups excluding carboxylic acids is 1. The Labute approximate surface area is 70.9 Å². The Hall–Kier alpha value is -1.64. The van der Waals surface area contributed by atoms with Gasteiger partial charge in [0.25, 0.3) is 0 Å². The highest BCUT2D eigenvalue weighted by Gasteiger charge is 2.00. The Morgan fingerprint density at radius 2 is 2.42 bits per heavy atom. The lowest BCUT2D eigenvalue weighted by atomic mass is 10.2. The predicted molar refractivity (Wildman–Crippen MR) is 46.5 cm³/mol. The van der Waals surface area contributed by atoms with Crippen molar-refractivity contribution in [3.8, 4) is 0 Å². The molecule has 62 valence electrons. The summed E-state index contributed by atoms with van der Waals surface area (Å²) in [4.78, 5) is 15.1. The Kier molecular flexibility index (Phi) is 2.58. The van der Waals surface area contributed by atoms with Crippen LogP contribution in [0.5, 0.6) is 0 Å². The molecule has 0 aliphatic rings. The minimum Gasteiger partial charge on any atom is -0.402 e. The lowest BCUT2D eigenvalue weighted by molar-refractivity contribution is 0.104. The third-order valence-electron chi connectivity index (χ3n) is 1.30. The number of hydrogen-bond donors (Lipinski definition) is 1. The summed E-state index contributed by atoms with van der Waals surface area (Å²) in [5.41, 5.74) is 6.41. The Morgan fingerprint density at radius 1 is 1.67 bits per heavy atom. The van der Waals surface area contributed by atoms with Gasteiger partial charge in [-0.05, 0) is 19.1 Å². The van der Waals surface area contributed by atoms with E-state index in [2.05, 4.69) is 4.98 Å². The number of rotatable bonds is 2. The van der Waals surface area contributed by atoms with E-state index in [4.69, 9.17) is 5.73 Å². The fraction of sp³-hybridized carbons (Fsp3) is 0.111. The zero-order chi connectivity index (χ0) is 8.97. The summed E-state index contributed by atoms with van der Waals surface area (Å²) in [5.74, 6) is -0.108. The average Bonchev–Trinajstić information content (AvgIpc) is 2.05. The second-order valence-corrected chi connectivity index (χ2v) is 2.49. The van der Waals surface area contributed by atoms with Crippen LogP contribution in [0.15, 0.2) is 36.3 Å². The van der Waals surface area contributed by atoms with Crippen molar-refractivity contribution in [2.24, 2.45) is 5.73 Å². The van der Waals surface area contributed by atoms with Gasteiger partial charge in [0.1, 0.15) is 0 Å². The molecule has 2 N–H and O–H groups in total. The van der Waals surface area contributed by atoms with E-state index in [0.29, 0.717) is 11.3 Å². The average molecular weight is 162 g/mol. The highest BCUT2D eigenvalue weighted by atomic mass is 16.1. The van der Waals surface area contributed by atoms with Crippen LogP contribution in [0.4, 0.5) is 0 Å². The van der Waals surface area contributed by atoms with Crippen LogP contribution in [0.1, 0.15) is 17.3 Å². The third-order valence-corrected chi connectivity index (χ3v) is 1.30. The van der Waals surface area contributed by atoms with Gasteiger partial charge in [0.15, 0.2) is 5.78 Å². The molecule has 1 rings (SSSR count). The van der Waals surface area contributed by atoms with Gasteiger partial charge in [-0.2, -0.15) is 0 Å². The summed E-state index contributed by atoms with van der Waals surface area (Å²) in [6.45, 7) is 1.67. The van der Waals surface area contributed by atoms with Gasteiger partial charge in [0, 0.05) is 29.7 Å². The van der Waals surface area contributed by atoms with Crippen LogP contribution in [0.25, 0.3) is 0 Å². The van der Waals surface area contributed by atoms with Gasteiger partial charge in [0.2, 0.25) is 0 Å². The van der Waals surface area contributed by atoms with Crippen molar-refractivity contribution in [2.45, 2.75) is 6.92 Å². The van der Waals surface area contributed by atoms with Crippen LogP contribution >= 0.6 is 0 Å². The molecule has 12 heavy (non-hydrogen) atoms. The summed E-state index contributed by atoms with van der Waals surface area (Å²) in [6.07, 6.45) is 4.52. The number of carbonyl (C=O) groups is 1. The van der Waals surface area contributed by atoms with Gasteiger partial charge in [-0.3, -0.25) is 9.78 Å². The molecule has 0 spiro atoms. The van der Waals surface area contributed by atoms with Crippen LogP contribution < -0.4 is 5.73 Å². The second-order valence-electron chi connectivity index (χ2n) is 2.49. The smallest absolute Gasteiger partial charge is 0.189 e. The zero-order valence-corrected chi connectivity index (χ0v) is 6.82. The minimum atomic E-state index is -0.108. The quantitative estimate of drug-likeness (QED) is 0.523. The van der Waals surface area contributed by atoms with Crippen LogP contribution in [-0.2, 0) is 0 Å². The molecule has 0 radical (unpaired) electrons. The summed E-state index contributed by atoms with van der Waals surface area (Å²) in [6, 6.07) is 3.42. The fourth-order valence-electron chi connectivity index (χ4n) is 0.799. The molecule has 3 heteroatoms. The zero-order valence-electron chi connectivity index (χ0n) is 6.82. The SMILES string of the molecule is CC(N)=CC(=O)c1cccnc1. The van der Waals surface area contributed by atoms with E-state index in [1.54, 1.807) is 25.3 Å². The molecule has 0 amide bonds. The first-order chi connectivity index (χ1) is 5.70. The summed E-state index contributed by atoms with van der Waals surface area (Å²) in [5, 5.41) is 0. The second kappa shape index (κ2) is 3.67. The minimum absolute atomic E-state index is 0.108. The van der Waals surface area contributed by atoms with E-state index in [-0.39, 0.29) is 5.78 Å². The largest absolute Gasteiger partial charge is 0.402 e. The van der Waals surface area contributed by atoms with Crippen molar-refractivity contribution in [1.29, 1.82) is 0 Å². The van der Waals surface area contributed by atoms with Gasteiger partial charge < -0.3 is 5.73 Å². The number of pyridine rings is 1. The van der Waals surface area contributed by atoms with E-state index >= 15 is 0 Å². The van der Waals surface area contributed by atoms with Crippen molar-refractivity contribution < 1.29 is 4.79 Å². The van der Waals surface area contributed by atoms with E-state index in [9.17, 15) is 4.79 Å². The molecule has 1 heterocycles. The van der Waals surface area contributed by atoms with Crippen LogP contribution in [0.2, 0.25) is 0 Å². The van der Waals surface area contributed by atoms with Gasteiger partial charge in [-0.25, -0.2) is 0 Å². The van der Waals surface area contributed by atoms with Crippen LogP contribution in [-0.4, -0.2) is 10.8 Å². The molecule has 0 saturated heterocycles. The molecule has 1 aromatic rings. The maximum absolute atomic E-state index is 11.3. The van der Waals surface area contributed by atoms with E-state index in [1.165, 1.54) is 12.3 Å². The van der Waals surface area contributed by atoms with Crippen LogP contribution in [0, 0.1) is 0 Å². The monoisotopic (exact) mass is 162 g/mol. The van der Waals surface area contributed by atoms with Gasteiger partial charge >= 0.3 is 0 Å². The van der Waals surface area contributed by atoms with Crippen molar-refractivity contribution in [1.82, 2.24) is 4.98 Å². The molecule has 0 aliphatic heterocycles. The maximum atomic E-state index is 11.3. The number of ketones is 1. The highest BCUT2D eigenvalue weighted by molar-refractivity contribution is 6.04. The number of nitrogens with zero attached hydrogens (tertiary/aromatic N) is 1. The molecular weight excluding hydrogens is 152 g/mol. The van der Waals surface area contributed by atoms with Gasteiger partial charge in [-0.15, -0.1) is 0 Å². The Bertz CT molecular complexity index is 300. The van der Waals surface area contributed by atoms with E-state index in [1.807, 2.05) is 0 Å². The fourth-order valence-corrected chi connectivity index (χ4v) is 0.799. The van der Waals surface area contributed by atoms with E-state index in [0.717, 1.165) is 0 Å². The Balaban J connectivity index is 2.87. The first kappa shape index (κ1) is 8.46. The summed E-state index contributed by atoms with van der Waals surface area (Å²) < 4.78 is 0. The number of nitrogens with two attached hydrogens (primary N) is 1. The van der Waals surface area contributed by atoms with E-state index < -0.39 is 0 Å². The first-order valence-corrected chi connectivity index (χ1v) is 3.58. The summed E-state index contributed by atoms with van der Waals surface area (Å²) >= 11 is 0. The number of aromatic nitrogens is 1.